The molecular formula is C84H115BrF9N11O10S3. The molecule has 9 aliphatic rings. The van der Waals surface area contributed by atoms with Gasteiger partial charge in [-0.25, -0.2) is 30.0 Å². The Balaban J connectivity index is 0.000000192. The highest BCUT2D eigenvalue weighted by molar-refractivity contribution is 9.10. The minimum Gasteiger partial charge on any atom is -0.351 e. The zero-order chi connectivity index (χ0) is 86.9. The molecule has 3 aliphatic carbocycles. The maximum Gasteiger partial charge on any atom is 0.389 e. The lowest BCUT2D eigenvalue weighted by molar-refractivity contribution is -0.139. The molecular weight excluding hydrogens is 1670 g/mol. The van der Waals surface area contributed by atoms with E-state index in [2.05, 4.69) is 95.4 Å². The highest BCUT2D eigenvalue weighted by Gasteiger charge is 2.52. The van der Waals surface area contributed by atoms with Crippen LogP contribution in [0.2, 0.25) is 0 Å². The summed E-state index contributed by atoms with van der Waals surface area (Å²) in [4.78, 5) is 65.5. The second kappa shape index (κ2) is 39.1. The number of sulfonamides is 3. The number of amidine groups is 3. The van der Waals surface area contributed by atoms with Crippen LogP contribution in [0.3, 0.4) is 0 Å². The van der Waals surface area contributed by atoms with E-state index < -0.39 is 90.5 Å². The van der Waals surface area contributed by atoms with Crippen molar-refractivity contribution in [2.24, 2.45) is 56.2 Å². The van der Waals surface area contributed by atoms with Crippen LogP contribution in [-0.4, -0.2) is 161 Å². The van der Waals surface area contributed by atoms with Crippen molar-refractivity contribution in [3.63, 3.8) is 0 Å². The van der Waals surface area contributed by atoms with E-state index in [9.17, 15) is 83.9 Å². The molecule has 0 radical (unpaired) electrons. The van der Waals surface area contributed by atoms with Gasteiger partial charge in [0.15, 0.2) is 0 Å². The quantitative estimate of drug-likeness (QED) is 0.0776. The van der Waals surface area contributed by atoms with Crippen LogP contribution in [0.15, 0.2) is 78.7 Å². The van der Waals surface area contributed by atoms with Crippen molar-refractivity contribution < 1.29 is 83.9 Å². The summed E-state index contributed by atoms with van der Waals surface area (Å²) >= 11 is 3.54. The second-order valence-electron chi connectivity index (χ2n) is 33.5. The molecule has 0 unspecified atom stereocenters. The Bertz CT molecular complexity index is 4590. The lowest BCUT2D eigenvalue weighted by atomic mass is 9.79. The molecule has 3 aromatic carbocycles. The number of primary amides is 1. The highest BCUT2D eigenvalue weighted by atomic mass is 79.9. The van der Waals surface area contributed by atoms with Crippen molar-refractivity contribution >= 4 is 105 Å². The van der Waals surface area contributed by atoms with Gasteiger partial charge in [-0.05, 0) is 287 Å². The third kappa shape index (κ3) is 24.7. The van der Waals surface area contributed by atoms with Crippen molar-refractivity contribution in [2.45, 2.75) is 257 Å². The topological polar surface area (TPSA) is 283 Å². The van der Waals surface area contributed by atoms with Crippen LogP contribution < -0.4 is 26.6 Å². The van der Waals surface area contributed by atoms with E-state index in [1.54, 1.807) is 31.3 Å². The number of aliphatic imine (C=N–C) groups is 3. The molecule has 5 amide bonds. The zero-order valence-corrected chi connectivity index (χ0v) is 73.0. The molecule has 3 saturated carbocycles. The van der Waals surface area contributed by atoms with Gasteiger partial charge in [0.1, 0.15) is 34.1 Å². The van der Waals surface area contributed by atoms with Crippen molar-refractivity contribution in [1.82, 2.24) is 28.9 Å². The standard InChI is InChI=1S/C28H38F3N5O4S.C28H38F3N3O3S.C18H26F3N3O3S.C10H13Br/c1-18-16-22(35(3)26(32)38)17-19(2)23(18)9-15-41(39,40)36-13-11-27(12-14-36)25(37)33-24(34-27)21-6-4-20(5-7-21)8-10-28(29,30)31;1-4-21-17-19(2)24(20(3)18-21)10-16-38(36,37)34-14-12-27(13-15-34)26(35)32-25(33-27)23-7-5-22(6-8-23)9-11-28(29,30)31;1-2-28(26,27)24-11-9-17(10-12-24)16(25)22-15(23-17)14-5-3-13(4-6-14)7-8-18(19,20)21;1-4-9-5-7(2)10(11)8(3)6-9/h9,15-17,20-21H,4-8,10-14H2,1-3H3,(H2,32,38)(H,33,34,37);10,16-18,22-23H,4-9,11-15H2,1-3H3,(H,32,33,35);2,13-14H,1,3-12H2,(H,22,23,25);5-6H,4H2,1-3H3/b15-9+;16-10+;;. The van der Waals surface area contributed by atoms with Crippen LogP contribution in [0, 0.1) is 77.0 Å². The Morgan fingerprint density at radius 2 is 0.746 bits per heavy atom. The fraction of sp³-hybridized carbons (Fsp3) is 0.631. The number of hydrogen-bond donors (Lipinski definition) is 4. The summed E-state index contributed by atoms with van der Waals surface area (Å²) < 4.78 is 194. The molecule has 0 bridgehead atoms. The lowest BCUT2D eigenvalue weighted by Gasteiger charge is -2.34. The number of carbonyl (C=O) groups is 4. The van der Waals surface area contributed by atoms with Gasteiger partial charge in [0, 0.05) is 110 Å². The average Bonchev–Trinajstić information content (AvgIpc) is 1.62. The summed E-state index contributed by atoms with van der Waals surface area (Å²) in [6, 6.07) is 11.5. The number of hydrogen-bond acceptors (Lipinski definition) is 13. The molecule has 3 aromatic rings. The fourth-order valence-corrected chi connectivity index (χ4v) is 21.2. The van der Waals surface area contributed by atoms with Crippen molar-refractivity contribution in [1.29, 1.82) is 0 Å². The molecule has 0 aromatic heterocycles. The maximum atomic E-state index is 13.2. The first-order valence-corrected chi connectivity index (χ1v) is 46.3. The number of alkyl halides is 9. The molecule has 34 heteroatoms. The largest absolute Gasteiger partial charge is 0.389 e. The molecule has 118 heavy (non-hydrogen) atoms. The average molecular weight is 1790 g/mol. The number of halogens is 10. The van der Waals surface area contributed by atoms with Crippen molar-refractivity contribution in [3.8, 4) is 0 Å². The molecule has 5 N–H and O–H groups in total. The van der Waals surface area contributed by atoms with Crippen LogP contribution >= 0.6 is 15.9 Å². The van der Waals surface area contributed by atoms with E-state index in [0.29, 0.717) is 126 Å². The van der Waals surface area contributed by atoms with E-state index in [1.165, 1.54) is 55.4 Å². The summed E-state index contributed by atoms with van der Waals surface area (Å²) in [5.41, 5.74) is 13.6. The van der Waals surface area contributed by atoms with Crippen LogP contribution in [0.5, 0.6) is 0 Å². The number of rotatable bonds is 20. The SMILES string of the molecule is C=CS(=O)(=O)N1CCC2(CC1)N=C(C1CCC(CCC(F)(F)F)CC1)NC2=O.CCc1cc(C)c(/C=C/S(=O)(=O)N2CCC3(CC2)N=C(C2CCC(CCC(F)(F)F)CC2)NC3=O)c(C)c1.CCc1cc(C)c(Br)c(C)c1.Cc1cc(N(C)C(N)=O)cc(C)c1/C=C/S(=O)(=O)N1CCC2(CC1)N=C(C1CCC(CCC(F)(F)F)CC1)NC2=O. The zero-order valence-electron chi connectivity index (χ0n) is 68.9. The Labute approximate surface area is 698 Å². The van der Waals surface area contributed by atoms with E-state index in [4.69, 9.17) is 15.7 Å². The van der Waals surface area contributed by atoms with Gasteiger partial charge < -0.3 is 21.7 Å². The fourth-order valence-electron chi connectivity index (χ4n) is 17.7. The van der Waals surface area contributed by atoms with Crippen LogP contribution in [-0.2, 0) is 57.3 Å². The number of nitrogens with zero attached hydrogens (tertiary/aromatic N) is 7. The predicted molar refractivity (Wildman–Crippen MR) is 447 cm³/mol. The first-order chi connectivity index (χ1) is 55.1. The third-order valence-corrected chi connectivity index (χ3v) is 31.1. The van der Waals surface area contributed by atoms with Gasteiger partial charge in [-0.15, -0.1) is 0 Å². The molecule has 21 nitrogen and oxygen atoms in total. The molecule has 3 saturated heterocycles. The molecule has 6 aliphatic heterocycles. The molecule has 12 rings (SSSR count). The number of urea groups is 1. The summed E-state index contributed by atoms with van der Waals surface area (Å²) in [7, 11) is -9.37. The first kappa shape index (κ1) is 95.0. The predicted octanol–water partition coefficient (Wildman–Crippen LogP) is 16.9. The minimum absolute atomic E-state index is 0.00536. The summed E-state index contributed by atoms with van der Waals surface area (Å²) in [6.07, 6.45) is 1.16. The van der Waals surface area contributed by atoms with Crippen LogP contribution in [0.25, 0.3) is 12.2 Å². The van der Waals surface area contributed by atoms with E-state index >= 15 is 0 Å². The molecule has 6 heterocycles. The normalized spacial score (nSPS) is 23.9. The van der Waals surface area contributed by atoms with Gasteiger partial charge in [0.05, 0.1) is 0 Å². The van der Waals surface area contributed by atoms with Gasteiger partial charge in [-0.3, -0.25) is 34.3 Å². The number of nitrogens with one attached hydrogen (secondary N) is 3. The maximum absolute atomic E-state index is 13.2. The third-order valence-electron chi connectivity index (χ3n) is 25.2. The number of benzene rings is 3. The minimum atomic E-state index is -4.14. The van der Waals surface area contributed by atoms with E-state index in [0.717, 1.165) is 51.6 Å². The van der Waals surface area contributed by atoms with Gasteiger partial charge in [0.2, 0.25) is 30.1 Å². The summed E-state index contributed by atoms with van der Waals surface area (Å²) in [5, 5.41) is 12.0. The van der Waals surface area contributed by atoms with Crippen LogP contribution in [0.4, 0.5) is 50.0 Å². The van der Waals surface area contributed by atoms with Crippen molar-refractivity contribution in [3.05, 3.63) is 119 Å². The number of carbonyl (C=O) groups excluding carboxylic acids is 4. The summed E-state index contributed by atoms with van der Waals surface area (Å²) in [5.74, 6) is 1.48. The number of nitrogens with two attached hydrogens (primary N) is 1. The summed E-state index contributed by atoms with van der Waals surface area (Å²) in [6.45, 7) is 20.6. The van der Waals surface area contributed by atoms with Gasteiger partial charge in [0.25, 0.3) is 17.7 Å². The highest BCUT2D eigenvalue weighted by Crippen LogP contribution is 2.44. The van der Waals surface area contributed by atoms with Gasteiger partial charge in [-0.1, -0.05) is 60.6 Å². The molecule has 3 spiro atoms. The Morgan fingerprint density at radius 3 is 1.00 bits per heavy atom. The molecule has 6 fully saturated rings. The Hall–Kier alpha value is -6.85. The number of piperidine rings is 3. The first-order valence-electron chi connectivity index (χ1n) is 41.0. The van der Waals surface area contributed by atoms with E-state index in [-0.39, 0.29) is 125 Å². The second-order valence-corrected chi connectivity index (χ2v) is 39.8. The van der Waals surface area contributed by atoms with Gasteiger partial charge >= 0.3 is 24.6 Å². The molecule has 654 valence electrons. The molecule has 0 atom stereocenters. The van der Waals surface area contributed by atoms with E-state index in [1.807, 2.05) is 27.7 Å². The smallest absolute Gasteiger partial charge is 0.351 e. The van der Waals surface area contributed by atoms with Gasteiger partial charge in [-0.2, -0.15) is 52.4 Å². The van der Waals surface area contributed by atoms with Crippen LogP contribution in [0.1, 0.15) is 224 Å². The lowest BCUT2D eigenvalue weighted by Crippen LogP contribution is -2.50. The number of amides is 5. The van der Waals surface area contributed by atoms with Crippen molar-refractivity contribution in [2.75, 3.05) is 51.2 Å². The monoisotopic (exact) mass is 1780 g/mol. The Kier molecular flexibility index (Phi) is 31.5. The Morgan fingerprint density at radius 1 is 0.483 bits per heavy atom. The number of aryl methyl sites for hydroxylation is 8. The number of anilines is 1.